The van der Waals surface area contributed by atoms with E-state index >= 15 is 0 Å². The van der Waals surface area contributed by atoms with Crippen LogP contribution in [0.15, 0.2) is 18.6 Å². The summed E-state index contributed by atoms with van der Waals surface area (Å²) in [5.74, 6) is 0.646. The summed E-state index contributed by atoms with van der Waals surface area (Å²) in [6.07, 6.45) is 7.37. The first-order valence-electron chi connectivity index (χ1n) is 5.27. The van der Waals surface area contributed by atoms with Crippen LogP contribution < -0.4 is 10.6 Å². The van der Waals surface area contributed by atoms with Gasteiger partial charge < -0.3 is 15.4 Å². The molecule has 1 aliphatic heterocycles. The van der Waals surface area contributed by atoms with Crippen molar-refractivity contribution in [3.63, 3.8) is 0 Å². The van der Waals surface area contributed by atoms with Crippen molar-refractivity contribution in [2.75, 3.05) is 18.5 Å². The van der Waals surface area contributed by atoms with Gasteiger partial charge in [-0.15, -0.1) is 0 Å². The molecule has 0 bridgehead atoms. The molecule has 16 heavy (non-hydrogen) atoms. The summed E-state index contributed by atoms with van der Waals surface area (Å²) in [6, 6.07) is 0. The normalized spacial score (nSPS) is 19.4. The van der Waals surface area contributed by atoms with Crippen molar-refractivity contribution in [2.45, 2.75) is 18.9 Å². The van der Waals surface area contributed by atoms with E-state index in [9.17, 15) is 0 Å². The topological polar surface area (TPSA) is 59.1 Å². The van der Waals surface area contributed by atoms with Gasteiger partial charge in [-0.3, -0.25) is 4.98 Å². The first-order chi connectivity index (χ1) is 7.84. The van der Waals surface area contributed by atoms with E-state index in [-0.39, 0.29) is 6.10 Å². The van der Waals surface area contributed by atoms with Crippen LogP contribution in [0.4, 0.5) is 5.82 Å². The fourth-order valence-electron chi connectivity index (χ4n) is 1.54. The molecule has 1 aromatic heterocycles. The van der Waals surface area contributed by atoms with Gasteiger partial charge in [0.2, 0.25) is 0 Å². The van der Waals surface area contributed by atoms with Crippen LogP contribution in [-0.2, 0) is 4.74 Å². The Kier molecular flexibility index (Phi) is 4.01. The third-order valence-corrected chi connectivity index (χ3v) is 2.57. The van der Waals surface area contributed by atoms with E-state index in [1.165, 1.54) is 0 Å². The van der Waals surface area contributed by atoms with Crippen LogP contribution >= 0.6 is 12.2 Å². The van der Waals surface area contributed by atoms with Crippen molar-refractivity contribution in [1.29, 1.82) is 0 Å². The lowest BCUT2D eigenvalue weighted by molar-refractivity contribution is 0.114. The quantitative estimate of drug-likeness (QED) is 0.764. The molecule has 1 aromatic rings. The van der Waals surface area contributed by atoms with Crippen molar-refractivity contribution in [2.24, 2.45) is 0 Å². The highest BCUT2D eigenvalue weighted by Gasteiger charge is 2.15. The SMILES string of the molecule is S=C(NC[C@H]1CCCO1)Nc1cnccn1. The predicted octanol–water partition coefficient (Wildman–Crippen LogP) is 0.942. The van der Waals surface area contributed by atoms with Gasteiger partial charge >= 0.3 is 0 Å². The average molecular weight is 238 g/mol. The van der Waals surface area contributed by atoms with Crippen molar-refractivity contribution < 1.29 is 4.74 Å². The maximum atomic E-state index is 5.48. The minimum atomic E-state index is 0.279. The molecule has 0 saturated carbocycles. The highest BCUT2D eigenvalue weighted by Crippen LogP contribution is 2.10. The average Bonchev–Trinajstić information content (AvgIpc) is 2.81. The summed E-state index contributed by atoms with van der Waals surface area (Å²) in [5, 5.41) is 6.61. The molecule has 1 aliphatic rings. The second kappa shape index (κ2) is 5.72. The Morgan fingerprint density at radius 3 is 3.19 bits per heavy atom. The molecule has 0 amide bonds. The van der Waals surface area contributed by atoms with Crippen LogP contribution in [0.2, 0.25) is 0 Å². The molecule has 6 heteroatoms. The summed E-state index contributed by atoms with van der Waals surface area (Å²) in [4.78, 5) is 8.00. The van der Waals surface area contributed by atoms with Crippen LogP contribution in [0, 0.1) is 0 Å². The van der Waals surface area contributed by atoms with Gasteiger partial charge in [-0.05, 0) is 25.1 Å². The molecule has 5 nitrogen and oxygen atoms in total. The molecule has 0 aromatic carbocycles. The summed E-state index contributed by atoms with van der Waals surface area (Å²) in [5.41, 5.74) is 0. The van der Waals surface area contributed by atoms with Gasteiger partial charge in [0.15, 0.2) is 10.9 Å². The Balaban J connectivity index is 1.72. The fourth-order valence-corrected chi connectivity index (χ4v) is 1.72. The van der Waals surface area contributed by atoms with E-state index in [1.54, 1.807) is 18.6 Å². The molecule has 1 saturated heterocycles. The van der Waals surface area contributed by atoms with Gasteiger partial charge in [-0.25, -0.2) is 4.98 Å². The van der Waals surface area contributed by atoms with Gasteiger partial charge in [0.05, 0.1) is 12.3 Å². The number of aromatic nitrogens is 2. The Bertz CT molecular complexity index is 340. The zero-order valence-electron chi connectivity index (χ0n) is 8.85. The molecular weight excluding hydrogens is 224 g/mol. The Labute approximate surface area is 99.6 Å². The molecule has 2 N–H and O–H groups in total. The molecular formula is C10H14N4OS. The number of hydrogen-bond acceptors (Lipinski definition) is 4. The second-order valence-corrected chi connectivity index (χ2v) is 3.97. The molecule has 0 aliphatic carbocycles. The van der Waals surface area contributed by atoms with E-state index < -0.39 is 0 Å². The number of nitrogens with zero attached hydrogens (tertiary/aromatic N) is 2. The Morgan fingerprint density at radius 2 is 2.50 bits per heavy atom. The van der Waals surface area contributed by atoms with Crippen LogP contribution in [0.1, 0.15) is 12.8 Å². The van der Waals surface area contributed by atoms with Crippen LogP contribution in [0.3, 0.4) is 0 Å². The lowest BCUT2D eigenvalue weighted by atomic mass is 10.2. The van der Waals surface area contributed by atoms with Crippen molar-refractivity contribution in [1.82, 2.24) is 15.3 Å². The smallest absolute Gasteiger partial charge is 0.172 e. The molecule has 86 valence electrons. The summed E-state index contributed by atoms with van der Waals surface area (Å²) >= 11 is 5.13. The molecule has 0 spiro atoms. The highest BCUT2D eigenvalue weighted by molar-refractivity contribution is 7.80. The lowest BCUT2D eigenvalue weighted by Crippen LogP contribution is -2.35. The minimum absolute atomic E-state index is 0.279. The molecule has 2 rings (SSSR count). The third kappa shape index (κ3) is 3.39. The van der Waals surface area contributed by atoms with Crippen molar-refractivity contribution >= 4 is 23.1 Å². The summed E-state index contributed by atoms with van der Waals surface area (Å²) < 4.78 is 5.48. The van der Waals surface area contributed by atoms with Crippen LogP contribution in [-0.4, -0.2) is 34.3 Å². The number of nitrogens with one attached hydrogen (secondary N) is 2. The van der Waals surface area contributed by atoms with Gasteiger partial charge in [0.25, 0.3) is 0 Å². The molecule has 0 unspecified atom stereocenters. The number of hydrogen-bond donors (Lipinski definition) is 2. The molecule has 2 heterocycles. The number of ether oxygens (including phenoxy) is 1. The molecule has 1 atom stereocenters. The van der Waals surface area contributed by atoms with Gasteiger partial charge in [-0.1, -0.05) is 0 Å². The van der Waals surface area contributed by atoms with E-state index in [0.717, 1.165) is 26.0 Å². The van der Waals surface area contributed by atoms with E-state index in [2.05, 4.69) is 20.6 Å². The standard InChI is InChI=1S/C10H14N4OS/c16-10(13-6-8-2-1-5-15-8)14-9-7-11-3-4-12-9/h3-4,7-8H,1-2,5-6H2,(H2,12,13,14,16)/t8-/m1/s1. The Hall–Kier alpha value is -1.27. The van der Waals surface area contributed by atoms with E-state index in [1.807, 2.05) is 0 Å². The van der Waals surface area contributed by atoms with E-state index in [0.29, 0.717) is 10.9 Å². The number of anilines is 1. The van der Waals surface area contributed by atoms with Gasteiger partial charge in [-0.2, -0.15) is 0 Å². The second-order valence-electron chi connectivity index (χ2n) is 3.56. The largest absolute Gasteiger partial charge is 0.376 e. The molecule has 0 radical (unpaired) electrons. The highest BCUT2D eigenvalue weighted by atomic mass is 32.1. The predicted molar refractivity (Wildman–Crippen MR) is 65.2 cm³/mol. The summed E-state index contributed by atoms with van der Waals surface area (Å²) in [6.45, 7) is 1.60. The van der Waals surface area contributed by atoms with Crippen LogP contribution in [0.25, 0.3) is 0 Å². The van der Waals surface area contributed by atoms with Gasteiger partial charge in [0.1, 0.15) is 0 Å². The zero-order valence-corrected chi connectivity index (χ0v) is 9.67. The van der Waals surface area contributed by atoms with Crippen LogP contribution in [0.5, 0.6) is 0 Å². The summed E-state index contributed by atoms with van der Waals surface area (Å²) in [7, 11) is 0. The molecule has 1 fully saturated rings. The van der Waals surface area contributed by atoms with Gasteiger partial charge in [0, 0.05) is 25.5 Å². The van der Waals surface area contributed by atoms with E-state index in [4.69, 9.17) is 17.0 Å². The van der Waals surface area contributed by atoms with Crippen molar-refractivity contribution in [3.8, 4) is 0 Å². The zero-order chi connectivity index (χ0) is 11.2. The first-order valence-corrected chi connectivity index (χ1v) is 5.68. The number of rotatable bonds is 3. The Morgan fingerprint density at radius 1 is 1.56 bits per heavy atom. The fraction of sp³-hybridized carbons (Fsp3) is 0.500. The minimum Gasteiger partial charge on any atom is -0.376 e. The number of thiocarbonyl (C=S) groups is 1. The monoisotopic (exact) mass is 238 g/mol. The maximum absolute atomic E-state index is 5.48. The first kappa shape index (κ1) is 11.2. The van der Waals surface area contributed by atoms with Crippen molar-refractivity contribution in [3.05, 3.63) is 18.6 Å². The third-order valence-electron chi connectivity index (χ3n) is 2.32. The maximum Gasteiger partial charge on any atom is 0.172 e. The lowest BCUT2D eigenvalue weighted by Gasteiger charge is -2.13.